The molecule has 1 unspecified atom stereocenters. The van der Waals surface area contributed by atoms with Crippen LogP contribution in [0.4, 0.5) is 0 Å². The van der Waals surface area contributed by atoms with E-state index in [2.05, 4.69) is 29.6 Å². The summed E-state index contributed by atoms with van der Waals surface area (Å²) in [6, 6.07) is 10.4. The van der Waals surface area contributed by atoms with Crippen molar-refractivity contribution in [1.82, 2.24) is 5.32 Å². The van der Waals surface area contributed by atoms with Gasteiger partial charge < -0.3 is 10.4 Å². The molecule has 0 spiro atoms. The van der Waals surface area contributed by atoms with Gasteiger partial charge in [0.15, 0.2) is 0 Å². The first kappa shape index (κ1) is 10.3. The molecular weight excluding hydrogens is 198 g/mol. The van der Waals surface area contributed by atoms with Gasteiger partial charge in [0.05, 0.1) is 5.60 Å². The highest BCUT2D eigenvalue weighted by Crippen LogP contribution is 2.42. The normalized spacial score (nSPS) is 37.6. The third kappa shape index (κ3) is 1.87. The van der Waals surface area contributed by atoms with Gasteiger partial charge in [-0.25, -0.2) is 0 Å². The fraction of sp³-hybridized carbons (Fsp3) is 0.571. The molecule has 2 N–H and O–H groups in total. The van der Waals surface area contributed by atoms with E-state index in [1.807, 2.05) is 6.07 Å². The van der Waals surface area contributed by atoms with Gasteiger partial charge in [-0.2, -0.15) is 0 Å². The van der Waals surface area contributed by atoms with Crippen molar-refractivity contribution in [3.63, 3.8) is 0 Å². The van der Waals surface area contributed by atoms with Crippen LogP contribution in [-0.4, -0.2) is 23.8 Å². The highest BCUT2D eigenvalue weighted by molar-refractivity contribution is 5.18. The molecule has 0 aromatic heterocycles. The number of benzene rings is 1. The van der Waals surface area contributed by atoms with Crippen LogP contribution in [0.3, 0.4) is 0 Å². The Labute approximate surface area is 96.7 Å². The summed E-state index contributed by atoms with van der Waals surface area (Å²) < 4.78 is 0. The minimum absolute atomic E-state index is 0.446. The van der Waals surface area contributed by atoms with Gasteiger partial charge in [0.25, 0.3) is 0 Å². The fourth-order valence-corrected chi connectivity index (χ4v) is 3.44. The van der Waals surface area contributed by atoms with E-state index in [4.69, 9.17) is 0 Å². The van der Waals surface area contributed by atoms with Crippen molar-refractivity contribution in [2.24, 2.45) is 11.8 Å². The van der Waals surface area contributed by atoms with Crippen LogP contribution in [0, 0.1) is 11.8 Å². The maximum atomic E-state index is 10.6. The molecular formula is C14H19NO. The molecule has 2 nitrogen and oxygen atoms in total. The first-order valence-electron chi connectivity index (χ1n) is 6.22. The Balaban J connectivity index is 1.71. The predicted octanol–water partition coefficient (Wildman–Crippen LogP) is 1.59. The average molecular weight is 217 g/mol. The zero-order valence-corrected chi connectivity index (χ0v) is 9.52. The molecule has 0 bridgehead atoms. The predicted molar refractivity (Wildman–Crippen MR) is 64.2 cm³/mol. The van der Waals surface area contributed by atoms with Gasteiger partial charge >= 0.3 is 0 Å². The second-order valence-electron chi connectivity index (χ2n) is 5.47. The van der Waals surface area contributed by atoms with E-state index in [9.17, 15) is 5.11 Å². The molecule has 3 atom stereocenters. The monoisotopic (exact) mass is 217 g/mol. The first-order chi connectivity index (χ1) is 7.75. The zero-order chi connectivity index (χ0) is 11.0. The fourth-order valence-electron chi connectivity index (χ4n) is 3.44. The molecule has 1 aromatic rings. The van der Waals surface area contributed by atoms with Crippen LogP contribution < -0.4 is 5.32 Å². The van der Waals surface area contributed by atoms with Crippen LogP contribution in [0.15, 0.2) is 30.3 Å². The van der Waals surface area contributed by atoms with Gasteiger partial charge in [0.2, 0.25) is 0 Å². The van der Waals surface area contributed by atoms with Gasteiger partial charge in [0.1, 0.15) is 0 Å². The SMILES string of the molecule is O[C@]1(Cc2ccccc2)CC2CNC[C@H]2C1. The minimum atomic E-state index is -0.446. The smallest absolute Gasteiger partial charge is 0.0694 e. The van der Waals surface area contributed by atoms with Crippen molar-refractivity contribution in [2.75, 3.05) is 13.1 Å². The molecule has 1 saturated heterocycles. The standard InChI is InChI=1S/C14H19NO/c16-14(6-11-4-2-1-3-5-11)7-12-9-15-10-13(12)8-14/h1-5,12-13,15-16H,6-10H2/t12-,13?,14+/m1/s1. The van der Waals surface area contributed by atoms with Crippen molar-refractivity contribution in [1.29, 1.82) is 0 Å². The Morgan fingerprint density at radius 1 is 1.12 bits per heavy atom. The molecule has 2 heteroatoms. The van der Waals surface area contributed by atoms with Crippen LogP contribution in [-0.2, 0) is 6.42 Å². The summed E-state index contributed by atoms with van der Waals surface area (Å²) in [5, 5.41) is 14.0. The molecule has 1 aliphatic carbocycles. The van der Waals surface area contributed by atoms with E-state index >= 15 is 0 Å². The summed E-state index contributed by atoms with van der Waals surface area (Å²) in [7, 11) is 0. The van der Waals surface area contributed by atoms with Gasteiger partial charge in [-0.15, -0.1) is 0 Å². The lowest BCUT2D eigenvalue weighted by molar-refractivity contribution is 0.0399. The molecule has 2 fully saturated rings. The Hall–Kier alpha value is -0.860. The summed E-state index contributed by atoms with van der Waals surface area (Å²) in [5.74, 6) is 1.41. The third-order valence-electron chi connectivity index (χ3n) is 4.14. The Kier molecular flexibility index (Phi) is 2.49. The summed E-state index contributed by atoms with van der Waals surface area (Å²) in [6.07, 6.45) is 2.76. The van der Waals surface area contributed by atoms with E-state index in [0.29, 0.717) is 11.8 Å². The van der Waals surface area contributed by atoms with Crippen LogP contribution in [0.1, 0.15) is 18.4 Å². The number of hydrogen-bond donors (Lipinski definition) is 2. The maximum absolute atomic E-state index is 10.6. The number of fused-ring (bicyclic) bond motifs is 1. The van der Waals surface area contributed by atoms with Crippen LogP contribution in [0.5, 0.6) is 0 Å². The number of aliphatic hydroxyl groups is 1. The Morgan fingerprint density at radius 3 is 2.38 bits per heavy atom. The summed E-state index contributed by atoms with van der Waals surface area (Å²) in [6.45, 7) is 2.20. The number of nitrogens with one attached hydrogen (secondary N) is 1. The second-order valence-corrected chi connectivity index (χ2v) is 5.47. The largest absolute Gasteiger partial charge is 0.390 e. The first-order valence-corrected chi connectivity index (χ1v) is 6.22. The van der Waals surface area contributed by atoms with Crippen LogP contribution >= 0.6 is 0 Å². The highest BCUT2D eigenvalue weighted by Gasteiger charge is 2.45. The van der Waals surface area contributed by atoms with Gasteiger partial charge in [0, 0.05) is 6.42 Å². The molecule has 1 heterocycles. The summed E-state index contributed by atoms with van der Waals surface area (Å²) >= 11 is 0. The van der Waals surface area contributed by atoms with Gasteiger partial charge in [-0.1, -0.05) is 30.3 Å². The van der Waals surface area contributed by atoms with Crippen LogP contribution in [0.2, 0.25) is 0 Å². The minimum Gasteiger partial charge on any atom is -0.390 e. The Morgan fingerprint density at radius 2 is 1.75 bits per heavy atom. The number of hydrogen-bond acceptors (Lipinski definition) is 2. The van der Waals surface area contributed by atoms with E-state index < -0.39 is 5.60 Å². The number of rotatable bonds is 2. The molecule has 16 heavy (non-hydrogen) atoms. The van der Waals surface area contributed by atoms with Gasteiger partial charge in [-0.05, 0) is 43.3 Å². The van der Waals surface area contributed by atoms with Crippen molar-refractivity contribution < 1.29 is 5.11 Å². The van der Waals surface area contributed by atoms with E-state index in [0.717, 1.165) is 32.4 Å². The second kappa shape index (κ2) is 3.86. The molecule has 1 aliphatic heterocycles. The maximum Gasteiger partial charge on any atom is 0.0694 e. The Bertz CT molecular complexity index is 350. The molecule has 1 aromatic carbocycles. The quantitative estimate of drug-likeness (QED) is 0.788. The molecule has 0 radical (unpaired) electrons. The van der Waals surface area contributed by atoms with E-state index in [1.54, 1.807) is 0 Å². The van der Waals surface area contributed by atoms with Crippen molar-refractivity contribution in [3.05, 3.63) is 35.9 Å². The molecule has 1 saturated carbocycles. The topological polar surface area (TPSA) is 32.3 Å². The average Bonchev–Trinajstić information content (AvgIpc) is 2.77. The summed E-state index contributed by atoms with van der Waals surface area (Å²) in [4.78, 5) is 0. The van der Waals surface area contributed by atoms with Crippen molar-refractivity contribution in [2.45, 2.75) is 24.9 Å². The van der Waals surface area contributed by atoms with E-state index in [1.165, 1.54) is 5.56 Å². The van der Waals surface area contributed by atoms with Crippen LogP contribution in [0.25, 0.3) is 0 Å². The van der Waals surface area contributed by atoms with Crippen molar-refractivity contribution in [3.8, 4) is 0 Å². The molecule has 3 rings (SSSR count). The highest BCUT2D eigenvalue weighted by atomic mass is 16.3. The molecule has 2 aliphatic rings. The molecule has 86 valence electrons. The lowest BCUT2D eigenvalue weighted by Crippen LogP contribution is -2.30. The lowest BCUT2D eigenvalue weighted by Gasteiger charge is -2.23. The van der Waals surface area contributed by atoms with E-state index in [-0.39, 0.29) is 0 Å². The van der Waals surface area contributed by atoms with Crippen molar-refractivity contribution >= 4 is 0 Å². The van der Waals surface area contributed by atoms with Gasteiger partial charge in [-0.3, -0.25) is 0 Å². The summed E-state index contributed by atoms with van der Waals surface area (Å²) in [5.41, 5.74) is 0.816. The third-order valence-corrected chi connectivity index (χ3v) is 4.14. The lowest BCUT2D eigenvalue weighted by atomic mass is 9.91. The zero-order valence-electron chi connectivity index (χ0n) is 9.52. The molecule has 0 amide bonds.